The molecule has 4 rings (SSSR count). The lowest BCUT2D eigenvalue weighted by Gasteiger charge is -2.43. The molecule has 0 bridgehead atoms. The molecule has 3 aliphatic rings. The van der Waals surface area contributed by atoms with Crippen LogP contribution in [-0.4, -0.2) is 84.1 Å². The lowest BCUT2D eigenvalue weighted by Crippen LogP contribution is -2.52. The molecule has 0 radical (unpaired) electrons. The molecule has 6 nitrogen and oxygen atoms in total. The molecule has 1 unspecified atom stereocenters. The number of morpholine rings is 1. The van der Waals surface area contributed by atoms with Crippen LogP contribution in [0.5, 0.6) is 0 Å². The second-order valence-corrected chi connectivity index (χ2v) is 8.68. The Hall–Kier alpha value is -1.02. The third kappa shape index (κ3) is 4.44. The van der Waals surface area contributed by atoms with E-state index in [0.717, 1.165) is 58.7 Å². The molecule has 26 heavy (non-hydrogen) atoms. The molecule has 4 heterocycles. The van der Waals surface area contributed by atoms with Crippen molar-refractivity contribution in [2.24, 2.45) is 5.92 Å². The Morgan fingerprint density at radius 3 is 2.69 bits per heavy atom. The smallest absolute Gasteiger partial charge is 0.227 e. The van der Waals surface area contributed by atoms with Crippen LogP contribution in [0.2, 0.25) is 0 Å². The van der Waals surface area contributed by atoms with Gasteiger partial charge in [-0.1, -0.05) is 0 Å². The second-order valence-electron chi connectivity index (χ2n) is 7.70. The van der Waals surface area contributed by atoms with E-state index in [1.807, 2.05) is 11.1 Å². The Labute approximate surface area is 160 Å². The van der Waals surface area contributed by atoms with Gasteiger partial charge in [-0.25, -0.2) is 4.98 Å². The molecule has 0 aliphatic carbocycles. The first-order chi connectivity index (χ1) is 12.8. The summed E-state index contributed by atoms with van der Waals surface area (Å²) in [5, 5.41) is 3.28. The highest BCUT2D eigenvalue weighted by Gasteiger charge is 2.33. The summed E-state index contributed by atoms with van der Waals surface area (Å²) in [5.41, 5.74) is 0. The van der Waals surface area contributed by atoms with Crippen molar-refractivity contribution < 1.29 is 9.53 Å². The van der Waals surface area contributed by atoms with Crippen LogP contribution in [0.25, 0.3) is 0 Å². The van der Waals surface area contributed by atoms with E-state index < -0.39 is 0 Å². The summed E-state index contributed by atoms with van der Waals surface area (Å²) in [4.78, 5) is 24.4. The van der Waals surface area contributed by atoms with Crippen molar-refractivity contribution in [1.29, 1.82) is 0 Å². The van der Waals surface area contributed by atoms with E-state index in [-0.39, 0.29) is 5.92 Å². The average Bonchev–Trinajstić information content (AvgIpc) is 3.22. The fourth-order valence-corrected chi connectivity index (χ4v) is 5.20. The molecule has 1 aromatic rings. The van der Waals surface area contributed by atoms with Crippen molar-refractivity contribution in [2.75, 3.05) is 52.5 Å². The number of nitrogens with zero attached hydrogens (tertiary/aromatic N) is 4. The van der Waals surface area contributed by atoms with E-state index >= 15 is 0 Å². The minimum Gasteiger partial charge on any atom is -0.378 e. The Bertz CT molecular complexity index is 568. The van der Waals surface area contributed by atoms with Gasteiger partial charge in [0.1, 0.15) is 5.01 Å². The zero-order chi connectivity index (χ0) is 17.8. The van der Waals surface area contributed by atoms with Gasteiger partial charge < -0.3 is 9.64 Å². The Morgan fingerprint density at radius 2 is 1.96 bits per heavy atom. The molecule has 1 aromatic heterocycles. The molecule has 0 aromatic carbocycles. The number of piperidine rings is 2. The Kier molecular flexibility index (Phi) is 6.20. The van der Waals surface area contributed by atoms with Gasteiger partial charge in [-0.15, -0.1) is 11.3 Å². The van der Waals surface area contributed by atoms with Crippen LogP contribution >= 0.6 is 11.3 Å². The minimum atomic E-state index is 0.190. The van der Waals surface area contributed by atoms with E-state index in [1.54, 1.807) is 11.3 Å². The number of hydrogen-bond acceptors (Lipinski definition) is 6. The Morgan fingerprint density at radius 1 is 1.15 bits per heavy atom. The van der Waals surface area contributed by atoms with E-state index in [2.05, 4.69) is 20.2 Å². The van der Waals surface area contributed by atoms with Gasteiger partial charge in [-0.2, -0.15) is 0 Å². The zero-order valence-electron chi connectivity index (χ0n) is 15.5. The maximum atomic E-state index is 12.8. The van der Waals surface area contributed by atoms with E-state index in [9.17, 15) is 4.79 Å². The lowest BCUT2D eigenvalue weighted by atomic mass is 9.92. The number of amides is 1. The number of likely N-dealkylation sites (tertiary alicyclic amines) is 2. The van der Waals surface area contributed by atoms with E-state index in [0.29, 0.717) is 25.2 Å². The van der Waals surface area contributed by atoms with Crippen molar-refractivity contribution >= 4 is 17.2 Å². The maximum absolute atomic E-state index is 12.8. The van der Waals surface area contributed by atoms with Gasteiger partial charge in [0.2, 0.25) is 5.91 Å². The van der Waals surface area contributed by atoms with Crippen LogP contribution in [0.15, 0.2) is 11.6 Å². The molecule has 0 N–H and O–H groups in total. The number of ether oxygens (including phenoxy) is 1. The van der Waals surface area contributed by atoms with Gasteiger partial charge in [0, 0.05) is 50.3 Å². The summed E-state index contributed by atoms with van der Waals surface area (Å²) in [5.74, 6) is 0.550. The summed E-state index contributed by atoms with van der Waals surface area (Å²) >= 11 is 1.75. The molecule has 7 heteroatoms. The number of rotatable bonds is 4. The highest BCUT2D eigenvalue weighted by atomic mass is 32.1. The van der Waals surface area contributed by atoms with Crippen molar-refractivity contribution in [1.82, 2.24) is 19.7 Å². The number of hydrogen-bond donors (Lipinski definition) is 0. The van der Waals surface area contributed by atoms with Crippen LogP contribution in [0.1, 0.15) is 30.7 Å². The summed E-state index contributed by atoms with van der Waals surface area (Å²) in [6.45, 7) is 8.31. The quantitative estimate of drug-likeness (QED) is 0.798. The third-order valence-corrected chi connectivity index (χ3v) is 6.81. The molecule has 144 valence electrons. The summed E-state index contributed by atoms with van der Waals surface area (Å²) in [6.07, 6.45) is 6.52. The molecular formula is C19H30N4O2S. The van der Waals surface area contributed by atoms with E-state index in [4.69, 9.17) is 4.74 Å². The number of carbonyl (C=O) groups excluding carboxylic acids is 1. The Balaban J connectivity index is 1.26. The molecule has 3 aliphatic heterocycles. The first-order valence-electron chi connectivity index (χ1n) is 10.0. The van der Waals surface area contributed by atoms with E-state index in [1.165, 1.54) is 17.8 Å². The second kappa shape index (κ2) is 8.78. The molecule has 0 saturated carbocycles. The number of aromatic nitrogens is 1. The zero-order valence-corrected chi connectivity index (χ0v) is 16.3. The minimum absolute atomic E-state index is 0.190. The monoisotopic (exact) mass is 378 g/mol. The van der Waals surface area contributed by atoms with Gasteiger partial charge in [0.15, 0.2) is 0 Å². The maximum Gasteiger partial charge on any atom is 0.227 e. The highest BCUT2D eigenvalue weighted by molar-refractivity contribution is 7.09. The SMILES string of the molecule is O=C(C1CCCN(C2CCN(Cc3nccs3)CC2)C1)N1CCOCC1. The van der Waals surface area contributed by atoms with Crippen LogP contribution in [-0.2, 0) is 16.1 Å². The topological polar surface area (TPSA) is 48.9 Å². The molecular weight excluding hydrogens is 348 g/mol. The summed E-state index contributed by atoms with van der Waals surface area (Å²) in [7, 11) is 0. The van der Waals surface area contributed by atoms with Gasteiger partial charge in [0.05, 0.1) is 25.7 Å². The first-order valence-corrected chi connectivity index (χ1v) is 10.9. The van der Waals surface area contributed by atoms with Crippen molar-refractivity contribution in [3.63, 3.8) is 0 Å². The van der Waals surface area contributed by atoms with Crippen molar-refractivity contribution in [3.05, 3.63) is 16.6 Å². The normalized spacial score (nSPS) is 26.9. The predicted molar refractivity (Wildman–Crippen MR) is 102 cm³/mol. The van der Waals surface area contributed by atoms with Crippen molar-refractivity contribution in [2.45, 2.75) is 38.3 Å². The first kappa shape index (κ1) is 18.3. The standard InChI is InChI=1S/C19H30N4O2S/c24-19(22-9-11-25-12-10-22)16-2-1-6-23(14-16)17-3-7-21(8-4-17)15-18-20-5-13-26-18/h5,13,16-17H,1-4,6-12,14-15H2. The average molecular weight is 379 g/mol. The van der Waals surface area contributed by atoms with Crippen LogP contribution in [0.4, 0.5) is 0 Å². The fraction of sp³-hybridized carbons (Fsp3) is 0.789. The lowest BCUT2D eigenvalue weighted by molar-refractivity contribution is -0.142. The predicted octanol–water partition coefficient (Wildman–Crippen LogP) is 1.68. The van der Waals surface area contributed by atoms with Gasteiger partial charge in [-0.05, 0) is 32.2 Å². The van der Waals surface area contributed by atoms with Crippen LogP contribution in [0.3, 0.4) is 0 Å². The van der Waals surface area contributed by atoms with Crippen LogP contribution in [0, 0.1) is 5.92 Å². The summed E-state index contributed by atoms with van der Waals surface area (Å²) < 4.78 is 5.39. The summed E-state index contributed by atoms with van der Waals surface area (Å²) in [6, 6.07) is 0.642. The third-order valence-electron chi connectivity index (χ3n) is 6.04. The largest absolute Gasteiger partial charge is 0.378 e. The number of carbonyl (C=O) groups is 1. The van der Waals surface area contributed by atoms with Gasteiger partial charge in [-0.3, -0.25) is 14.6 Å². The molecule has 1 atom stereocenters. The van der Waals surface area contributed by atoms with Gasteiger partial charge in [0.25, 0.3) is 0 Å². The molecule has 3 fully saturated rings. The van der Waals surface area contributed by atoms with Crippen molar-refractivity contribution in [3.8, 4) is 0 Å². The molecule has 3 saturated heterocycles. The fourth-order valence-electron chi connectivity index (χ4n) is 4.55. The number of thiazole rings is 1. The molecule has 0 spiro atoms. The molecule has 1 amide bonds. The van der Waals surface area contributed by atoms with Crippen LogP contribution < -0.4 is 0 Å². The van der Waals surface area contributed by atoms with Gasteiger partial charge >= 0.3 is 0 Å². The highest BCUT2D eigenvalue weighted by Crippen LogP contribution is 2.26.